The van der Waals surface area contributed by atoms with Crippen LogP contribution in [-0.4, -0.2) is 11.2 Å². The van der Waals surface area contributed by atoms with Crippen LogP contribution in [-0.2, 0) is 16.1 Å². The van der Waals surface area contributed by atoms with Crippen molar-refractivity contribution in [2.75, 3.05) is 0 Å². The summed E-state index contributed by atoms with van der Waals surface area (Å²) >= 11 is 0. The number of H-pyrrole nitrogens is 1. The molecule has 2 rings (SSSR count). The van der Waals surface area contributed by atoms with Crippen molar-refractivity contribution in [3.63, 3.8) is 0 Å². The molecule has 6 heteroatoms. The van der Waals surface area contributed by atoms with Crippen LogP contribution in [0.2, 0.25) is 0 Å². The number of nitrogens with one attached hydrogen (secondary N) is 1. The first-order valence-corrected chi connectivity index (χ1v) is 4.99. The Hall–Kier alpha value is -2.37. The minimum Gasteiger partial charge on any atom is -0.454 e. The van der Waals surface area contributed by atoms with Crippen molar-refractivity contribution in [2.45, 2.75) is 13.5 Å². The molecule has 0 radical (unpaired) electrons. The Balaban J connectivity index is 2.36. The number of hydrogen-bond acceptors (Lipinski definition) is 4. The lowest BCUT2D eigenvalue weighted by molar-refractivity contribution is -0.679. The number of carbonyl (C=O) groups is 1. The Kier molecular flexibility index (Phi) is 3.04. The molecule has 6 nitrogen and oxygen atoms in total. The van der Waals surface area contributed by atoms with Gasteiger partial charge in [0.2, 0.25) is 5.69 Å². The number of esters is 1. The van der Waals surface area contributed by atoms with E-state index in [1.54, 1.807) is 12.1 Å². The Bertz CT molecular complexity index is 571. The Morgan fingerprint density at radius 1 is 1.41 bits per heavy atom. The molecule has 2 aromatic rings. The van der Waals surface area contributed by atoms with Gasteiger partial charge in [-0.3, -0.25) is 9.32 Å². The number of aromatic amines is 1. The van der Waals surface area contributed by atoms with Crippen molar-refractivity contribution in [1.82, 2.24) is 5.27 Å². The van der Waals surface area contributed by atoms with Gasteiger partial charge in [-0.25, -0.2) is 4.79 Å². The largest absolute Gasteiger partial charge is 0.454 e. The number of para-hydroxylation sites is 1. The van der Waals surface area contributed by atoms with E-state index in [1.165, 1.54) is 11.6 Å². The highest BCUT2D eigenvalue weighted by atomic mass is 16.5. The predicted molar refractivity (Wildman–Crippen MR) is 56.3 cm³/mol. The Morgan fingerprint density at radius 2 is 2.12 bits per heavy atom. The number of carbonyl (C=O) groups excluding carboxylic acids is 1. The maximum absolute atomic E-state index is 11.4. The Labute approximate surface area is 96.4 Å². The summed E-state index contributed by atoms with van der Waals surface area (Å²) in [6.07, 6.45) is 0. The topological polar surface area (TPSA) is 76.2 Å². The Morgan fingerprint density at radius 3 is 2.76 bits per heavy atom. The number of nitrogens with zero attached hydrogens (tertiary/aromatic N) is 1. The summed E-state index contributed by atoms with van der Waals surface area (Å²) in [5, 5.41) is 2.45. The molecule has 0 saturated heterocycles. The van der Waals surface area contributed by atoms with Crippen LogP contribution in [0.4, 0.5) is 0 Å². The van der Waals surface area contributed by atoms with Crippen molar-refractivity contribution >= 4 is 5.97 Å². The van der Waals surface area contributed by atoms with Crippen LogP contribution in [0.3, 0.4) is 0 Å². The molecule has 0 saturated carbocycles. The lowest BCUT2D eigenvalue weighted by Gasteiger charge is -1.95. The molecule has 0 atom stereocenters. The van der Waals surface area contributed by atoms with E-state index in [0.717, 1.165) is 5.69 Å². The van der Waals surface area contributed by atoms with E-state index in [-0.39, 0.29) is 12.3 Å². The zero-order valence-electron chi connectivity index (χ0n) is 9.17. The molecular formula is C11H11N2O4+. The number of hydrogen-bond donors (Lipinski definition) is 1. The van der Waals surface area contributed by atoms with Gasteiger partial charge in [-0.1, -0.05) is 18.2 Å². The van der Waals surface area contributed by atoms with E-state index < -0.39 is 11.6 Å². The van der Waals surface area contributed by atoms with Crippen LogP contribution in [0.15, 0.2) is 39.6 Å². The number of rotatable bonds is 3. The molecule has 0 unspecified atom stereocenters. The average Bonchev–Trinajstić information content (AvgIpc) is 2.69. The third-order valence-electron chi connectivity index (χ3n) is 2.16. The van der Waals surface area contributed by atoms with Crippen molar-refractivity contribution in [3.8, 4) is 5.69 Å². The molecule has 0 bridgehead atoms. The molecule has 1 heterocycles. The lowest BCUT2D eigenvalue weighted by Crippen LogP contribution is -2.39. The van der Waals surface area contributed by atoms with Gasteiger partial charge in [0, 0.05) is 19.1 Å². The zero-order valence-corrected chi connectivity index (χ0v) is 9.17. The molecule has 0 aliphatic carbocycles. The fraction of sp³-hybridized carbons (Fsp3) is 0.182. The van der Waals surface area contributed by atoms with E-state index in [0.29, 0.717) is 0 Å². The van der Waals surface area contributed by atoms with Gasteiger partial charge in [-0.05, 0) is 9.95 Å². The maximum Gasteiger partial charge on any atom is 0.434 e. The summed E-state index contributed by atoms with van der Waals surface area (Å²) in [6, 6.07) is 9.09. The fourth-order valence-corrected chi connectivity index (χ4v) is 1.37. The first-order chi connectivity index (χ1) is 8.18. The van der Waals surface area contributed by atoms with Crippen LogP contribution < -0.4 is 10.3 Å². The van der Waals surface area contributed by atoms with Crippen LogP contribution in [0.1, 0.15) is 12.6 Å². The second kappa shape index (κ2) is 4.65. The van der Waals surface area contributed by atoms with Gasteiger partial charge in [-0.2, -0.15) is 0 Å². The summed E-state index contributed by atoms with van der Waals surface area (Å²) in [5.41, 5.74) is 0.391. The van der Waals surface area contributed by atoms with Crippen LogP contribution in [0.5, 0.6) is 0 Å². The summed E-state index contributed by atoms with van der Waals surface area (Å²) in [4.78, 5) is 22.1. The third-order valence-corrected chi connectivity index (χ3v) is 2.16. The number of ether oxygens (including phenoxy) is 1. The zero-order chi connectivity index (χ0) is 12.3. The summed E-state index contributed by atoms with van der Waals surface area (Å²) in [5.74, 6) is -0.454. The molecule has 17 heavy (non-hydrogen) atoms. The van der Waals surface area contributed by atoms with Crippen molar-refractivity contribution in [2.24, 2.45) is 0 Å². The standard InChI is InChI=1S/C11H10N2O4/c1-8(14)16-7-10-11(15)17-12-13(10)9-5-3-2-4-6-9/h2-6H,7H2,1H3/p+1. The second-order valence-corrected chi connectivity index (χ2v) is 3.38. The highest BCUT2D eigenvalue weighted by Crippen LogP contribution is 1.98. The molecule has 0 aliphatic heterocycles. The van der Waals surface area contributed by atoms with Gasteiger partial charge >= 0.3 is 17.3 Å². The molecule has 88 valence electrons. The molecule has 0 amide bonds. The van der Waals surface area contributed by atoms with E-state index in [4.69, 9.17) is 4.74 Å². The summed E-state index contributed by atoms with van der Waals surface area (Å²) in [6.45, 7) is 1.15. The van der Waals surface area contributed by atoms with Gasteiger partial charge in [0.15, 0.2) is 6.61 Å². The molecule has 1 aromatic carbocycles. The molecule has 0 aliphatic rings. The highest BCUT2D eigenvalue weighted by Gasteiger charge is 2.23. The molecular weight excluding hydrogens is 224 g/mol. The van der Waals surface area contributed by atoms with Crippen LogP contribution in [0.25, 0.3) is 5.69 Å². The van der Waals surface area contributed by atoms with Crippen LogP contribution in [0, 0.1) is 0 Å². The lowest BCUT2D eigenvalue weighted by atomic mass is 10.3. The normalized spacial score (nSPS) is 10.2. The van der Waals surface area contributed by atoms with Crippen LogP contribution >= 0.6 is 0 Å². The molecule has 0 fully saturated rings. The average molecular weight is 235 g/mol. The minimum absolute atomic E-state index is 0.129. The third kappa shape index (κ3) is 2.41. The van der Waals surface area contributed by atoms with Crippen molar-refractivity contribution in [1.29, 1.82) is 0 Å². The molecule has 1 aromatic heterocycles. The number of benzene rings is 1. The van der Waals surface area contributed by atoms with Gasteiger partial charge in [0.1, 0.15) is 0 Å². The summed E-state index contributed by atoms with van der Waals surface area (Å²) < 4.78 is 10.9. The second-order valence-electron chi connectivity index (χ2n) is 3.38. The van der Waals surface area contributed by atoms with Gasteiger partial charge in [0.25, 0.3) is 0 Å². The highest BCUT2D eigenvalue weighted by molar-refractivity contribution is 5.65. The van der Waals surface area contributed by atoms with E-state index in [1.807, 2.05) is 18.2 Å². The monoisotopic (exact) mass is 235 g/mol. The summed E-state index contributed by atoms with van der Waals surface area (Å²) in [7, 11) is 0. The quantitative estimate of drug-likeness (QED) is 0.613. The fourth-order valence-electron chi connectivity index (χ4n) is 1.37. The van der Waals surface area contributed by atoms with Gasteiger partial charge in [-0.15, -0.1) is 0 Å². The van der Waals surface area contributed by atoms with Gasteiger partial charge < -0.3 is 4.74 Å². The predicted octanol–water partition coefficient (Wildman–Crippen LogP) is 0.308. The number of aromatic nitrogens is 2. The minimum atomic E-state index is -0.560. The van der Waals surface area contributed by atoms with Crippen molar-refractivity contribution < 1.29 is 18.7 Å². The SMILES string of the molecule is CC(=O)OCc1c(=O)o[nH][n+]1-c1ccccc1. The first kappa shape index (κ1) is 11.1. The first-order valence-electron chi connectivity index (χ1n) is 4.99. The van der Waals surface area contributed by atoms with Crippen molar-refractivity contribution in [3.05, 3.63) is 46.4 Å². The van der Waals surface area contributed by atoms with Gasteiger partial charge in [0.05, 0.1) is 0 Å². The van der Waals surface area contributed by atoms with E-state index >= 15 is 0 Å². The molecule has 1 N–H and O–H groups in total. The maximum atomic E-state index is 11.4. The van der Waals surface area contributed by atoms with E-state index in [2.05, 4.69) is 9.79 Å². The smallest absolute Gasteiger partial charge is 0.434 e. The molecule has 0 spiro atoms. The van der Waals surface area contributed by atoms with E-state index in [9.17, 15) is 9.59 Å².